The molecule has 0 bridgehead atoms. The minimum atomic E-state index is -0.630. The topological polar surface area (TPSA) is 101 Å². The first-order valence-corrected chi connectivity index (χ1v) is 12.1. The number of esters is 1. The van der Waals surface area contributed by atoms with E-state index in [2.05, 4.69) is 10.3 Å². The number of hydrogen-bond donors (Lipinski definition) is 1. The van der Waals surface area contributed by atoms with Gasteiger partial charge in [-0.3, -0.25) is 19.5 Å². The van der Waals surface area contributed by atoms with Crippen LogP contribution in [0.5, 0.6) is 0 Å². The fourth-order valence-corrected chi connectivity index (χ4v) is 5.29. The summed E-state index contributed by atoms with van der Waals surface area (Å²) in [6.07, 6.45) is 0.560. The normalized spacial score (nSPS) is 20.7. The third-order valence-corrected chi connectivity index (χ3v) is 7.46. The van der Waals surface area contributed by atoms with Crippen LogP contribution in [0.15, 0.2) is 41.4 Å². The molecular weight excluding hydrogens is 480 g/mol. The smallest absolute Gasteiger partial charge is 0.414 e. The van der Waals surface area contributed by atoms with Crippen molar-refractivity contribution >= 4 is 58.1 Å². The van der Waals surface area contributed by atoms with E-state index in [1.807, 2.05) is 29.2 Å². The SMILES string of the molecule is COC(=O)C1(C2=NCCN2c2ccc(N3C[C@H](CNC(=O)c4ccc(Cl)s4)OC3=O)cc2)CC1. The Labute approximate surface area is 205 Å². The molecule has 0 unspecified atom stereocenters. The Bertz CT molecular complexity index is 1160. The molecule has 3 heterocycles. The van der Waals surface area contributed by atoms with Crippen LogP contribution in [0.2, 0.25) is 4.34 Å². The molecule has 1 aromatic heterocycles. The number of carbonyl (C=O) groups is 3. The highest BCUT2D eigenvalue weighted by Gasteiger charge is 2.58. The first-order valence-electron chi connectivity index (χ1n) is 10.9. The van der Waals surface area contributed by atoms with Gasteiger partial charge in [-0.05, 0) is 49.2 Å². The van der Waals surface area contributed by atoms with Gasteiger partial charge in [-0.2, -0.15) is 0 Å². The van der Waals surface area contributed by atoms with Crippen LogP contribution in [0.4, 0.5) is 16.2 Å². The Morgan fingerprint density at radius 2 is 1.91 bits per heavy atom. The number of thiophene rings is 1. The second-order valence-corrected chi connectivity index (χ2v) is 10.1. The van der Waals surface area contributed by atoms with Crippen LogP contribution in [0.25, 0.3) is 0 Å². The summed E-state index contributed by atoms with van der Waals surface area (Å²) in [5.41, 5.74) is 0.968. The Morgan fingerprint density at radius 1 is 1.21 bits per heavy atom. The van der Waals surface area contributed by atoms with Crippen molar-refractivity contribution in [3.05, 3.63) is 45.6 Å². The number of cyclic esters (lactones) is 1. The zero-order valence-electron chi connectivity index (χ0n) is 18.5. The molecule has 1 aliphatic carbocycles. The lowest BCUT2D eigenvalue weighted by Gasteiger charge is -2.25. The number of anilines is 2. The van der Waals surface area contributed by atoms with E-state index in [1.54, 1.807) is 17.0 Å². The van der Waals surface area contributed by atoms with Crippen LogP contribution in [-0.4, -0.2) is 63.2 Å². The average molecular weight is 503 g/mol. The average Bonchev–Trinajstić information content (AvgIpc) is 3.16. The van der Waals surface area contributed by atoms with E-state index in [0.29, 0.717) is 34.5 Å². The molecule has 1 aromatic carbocycles. The van der Waals surface area contributed by atoms with Crippen molar-refractivity contribution in [2.45, 2.75) is 18.9 Å². The molecule has 1 N–H and O–H groups in total. The number of amidine groups is 1. The molecule has 34 heavy (non-hydrogen) atoms. The van der Waals surface area contributed by atoms with Crippen molar-refractivity contribution < 1.29 is 23.9 Å². The standard InChI is InChI=1S/C23H23ClN4O5S/c1-32-21(30)23(8-9-23)20-25-10-11-27(20)14-2-4-15(5-3-14)28-13-16(33-22(28)31)12-26-19(29)17-6-7-18(24)34-17/h2-7,16H,8-13H2,1H3,(H,26,29)/t16-/m0/s1. The van der Waals surface area contributed by atoms with Gasteiger partial charge in [0.1, 0.15) is 17.4 Å². The summed E-state index contributed by atoms with van der Waals surface area (Å²) in [4.78, 5) is 45.7. The Morgan fingerprint density at radius 3 is 2.53 bits per heavy atom. The molecule has 3 aliphatic rings. The van der Waals surface area contributed by atoms with Gasteiger partial charge in [0.25, 0.3) is 5.91 Å². The van der Waals surface area contributed by atoms with Gasteiger partial charge in [0.05, 0.1) is 36.0 Å². The van der Waals surface area contributed by atoms with Gasteiger partial charge in [0, 0.05) is 17.9 Å². The molecule has 2 fully saturated rings. The maximum Gasteiger partial charge on any atom is 0.414 e. The summed E-state index contributed by atoms with van der Waals surface area (Å²) in [5, 5.41) is 2.78. The van der Waals surface area contributed by atoms with E-state index in [9.17, 15) is 14.4 Å². The summed E-state index contributed by atoms with van der Waals surface area (Å²) in [5.74, 6) is 0.268. The van der Waals surface area contributed by atoms with E-state index in [-0.39, 0.29) is 18.4 Å². The second kappa shape index (κ2) is 8.92. The van der Waals surface area contributed by atoms with Gasteiger partial charge in [0.15, 0.2) is 0 Å². The fourth-order valence-electron chi connectivity index (χ4n) is 4.33. The molecule has 1 atom stereocenters. The van der Waals surface area contributed by atoms with Crippen LogP contribution < -0.4 is 15.1 Å². The summed E-state index contributed by atoms with van der Waals surface area (Å²) in [7, 11) is 1.41. The number of aliphatic imine (C=N–C) groups is 1. The van der Waals surface area contributed by atoms with Crippen LogP contribution in [0, 0.1) is 5.41 Å². The zero-order chi connectivity index (χ0) is 23.9. The van der Waals surface area contributed by atoms with E-state index >= 15 is 0 Å². The van der Waals surface area contributed by atoms with Crippen molar-refractivity contribution in [1.82, 2.24) is 5.32 Å². The molecule has 0 spiro atoms. The fraction of sp³-hybridized carbons (Fsp3) is 0.391. The van der Waals surface area contributed by atoms with Crippen LogP contribution in [0.1, 0.15) is 22.5 Å². The Kier molecular flexibility index (Phi) is 5.95. The van der Waals surface area contributed by atoms with Gasteiger partial charge < -0.3 is 19.7 Å². The molecule has 0 radical (unpaired) electrons. The van der Waals surface area contributed by atoms with Crippen molar-refractivity contribution in [3.8, 4) is 0 Å². The maximum atomic E-state index is 12.4. The number of benzene rings is 1. The lowest BCUT2D eigenvalue weighted by molar-refractivity contribution is -0.144. The highest BCUT2D eigenvalue weighted by Crippen LogP contribution is 2.50. The number of methoxy groups -OCH3 is 1. The number of amides is 2. The number of ether oxygens (including phenoxy) is 2. The monoisotopic (exact) mass is 502 g/mol. The number of halogens is 1. The molecule has 1 saturated heterocycles. The molecule has 11 heteroatoms. The zero-order valence-corrected chi connectivity index (χ0v) is 20.0. The summed E-state index contributed by atoms with van der Waals surface area (Å²) >= 11 is 7.07. The first-order chi connectivity index (χ1) is 16.4. The summed E-state index contributed by atoms with van der Waals surface area (Å²) < 4.78 is 11.0. The number of nitrogens with zero attached hydrogens (tertiary/aromatic N) is 3. The van der Waals surface area contributed by atoms with Gasteiger partial charge in [-0.15, -0.1) is 11.3 Å². The number of nitrogens with one attached hydrogen (secondary N) is 1. The number of carbonyl (C=O) groups excluding carboxylic acids is 3. The number of hydrogen-bond acceptors (Lipinski definition) is 8. The van der Waals surface area contributed by atoms with Gasteiger partial charge >= 0.3 is 12.1 Å². The molecule has 1 saturated carbocycles. The molecule has 9 nitrogen and oxygen atoms in total. The molecule has 2 aliphatic heterocycles. The number of rotatable bonds is 7. The largest absolute Gasteiger partial charge is 0.468 e. The minimum absolute atomic E-state index is 0.206. The van der Waals surface area contributed by atoms with Crippen molar-refractivity contribution in [1.29, 1.82) is 0 Å². The molecule has 5 rings (SSSR count). The third-order valence-electron chi connectivity index (χ3n) is 6.23. The summed E-state index contributed by atoms with van der Waals surface area (Å²) in [6.45, 7) is 1.85. The highest BCUT2D eigenvalue weighted by atomic mass is 35.5. The van der Waals surface area contributed by atoms with Crippen molar-refractivity contribution in [2.75, 3.05) is 43.1 Å². The van der Waals surface area contributed by atoms with E-state index < -0.39 is 17.6 Å². The molecule has 2 aromatic rings. The van der Waals surface area contributed by atoms with E-state index in [1.165, 1.54) is 18.4 Å². The second-order valence-electron chi connectivity index (χ2n) is 8.38. The maximum absolute atomic E-state index is 12.4. The molecule has 178 valence electrons. The van der Waals surface area contributed by atoms with E-state index in [4.69, 9.17) is 21.1 Å². The lowest BCUT2D eigenvalue weighted by atomic mass is 10.0. The lowest BCUT2D eigenvalue weighted by Crippen LogP contribution is -2.39. The molecular formula is C23H23ClN4O5S. The van der Waals surface area contributed by atoms with Crippen LogP contribution in [-0.2, 0) is 14.3 Å². The Hall–Kier alpha value is -3.11. The first kappa shape index (κ1) is 22.7. The highest BCUT2D eigenvalue weighted by molar-refractivity contribution is 7.18. The third kappa shape index (κ3) is 4.12. The quantitative estimate of drug-likeness (QED) is 0.583. The predicted octanol–water partition coefficient (Wildman–Crippen LogP) is 3.33. The van der Waals surface area contributed by atoms with Crippen molar-refractivity contribution in [3.63, 3.8) is 0 Å². The van der Waals surface area contributed by atoms with Crippen molar-refractivity contribution in [2.24, 2.45) is 10.4 Å². The van der Waals surface area contributed by atoms with Crippen LogP contribution in [0.3, 0.4) is 0 Å². The van der Waals surface area contributed by atoms with E-state index in [0.717, 1.165) is 24.4 Å². The van der Waals surface area contributed by atoms with Gasteiger partial charge in [0.2, 0.25) is 0 Å². The molecule has 2 amide bonds. The Balaban J connectivity index is 1.22. The predicted molar refractivity (Wildman–Crippen MR) is 129 cm³/mol. The van der Waals surface area contributed by atoms with Crippen LogP contribution >= 0.6 is 22.9 Å². The van der Waals surface area contributed by atoms with Gasteiger partial charge in [-0.1, -0.05) is 11.6 Å². The van der Waals surface area contributed by atoms with Gasteiger partial charge in [-0.25, -0.2) is 4.79 Å². The minimum Gasteiger partial charge on any atom is -0.468 e. The summed E-state index contributed by atoms with van der Waals surface area (Å²) in [6, 6.07) is 10.8.